The van der Waals surface area contributed by atoms with Crippen LogP contribution in [0.2, 0.25) is 0 Å². The number of furan rings is 1. The van der Waals surface area contributed by atoms with Crippen molar-refractivity contribution in [3.63, 3.8) is 0 Å². The summed E-state index contributed by atoms with van der Waals surface area (Å²) in [5.74, 6) is -0.0691. The molecule has 0 aliphatic rings. The van der Waals surface area contributed by atoms with E-state index in [9.17, 15) is 12.8 Å². The average Bonchev–Trinajstić information content (AvgIpc) is 2.78. The average molecular weight is 299 g/mol. The van der Waals surface area contributed by atoms with Crippen LogP contribution in [-0.4, -0.2) is 27.0 Å². The van der Waals surface area contributed by atoms with Gasteiger partial charge in [0.1, 0.15) is 15.6 Å². The normalized spacial score (nSPS) is 13.8. The van der Waals surface area contributed by atoms with Crippen molar-refractivity contribution in [3.05, 3.63) is 35.8 Å². The predicted molar refractivity (Wildman–Crippen MR) is 76.9 cm³/mol. The Kier molecular flexibility index (Phi) is 4.45. The molecule has 1 aromatic heterocycles. The zero-order chi connectivity index (χ0) is 14.8. The molecule has 4 nitrogen and oxygen atoms in total. The number of fused-ring (bicyclic) bond motifs is 1. The minimum Gasteiger partial charge on any atom is -0.456 e. The van der Waals surface area contributed by atoms with Crippen LogP contribution in [0.25, 0.3) is 11.0 Å². The highest BCUT2D eigenvalue weighted by molar-refractivity contribution is 7.90. The third kappa shape index (κ3) is 3.58. The van der Waals surface area contributed by atoms with Crippen molar-refractivity contribution in [3.8, 4) is 0 Å². The minimum absolute atomic E-state index is 0.0750. The van der Waals surface area contributed by atoms with Crippen LogP contribution < -0.4 is 5.32 Å². The zero-order valence-electron chi connectivity index (χ0n) is 11.5. The molecule has 0 fully saturated rings. The fourth-order valence-corrected chi connectivity index (χ4v) is 2.97. The summed E-state index contributed by atoms with van der Waals surface area (Å²) in [6.45, 7) is 2.66. The molecule has 0 saturated heterocycles. The molecule has 1 aromatic carbocycles. The number of hydrogen-bond donors (Lipinski definition) is 1. The Balaban J connectivity index is 2.37. The molecular formula is C14H18FNO3S. The summed E-state index contributed by atoms with van der Waals surface area (Å²) in [5, 5.41) is 3.76. The maximum atomic E-state index is 13.6. The van der Waals surface area contributed by atoms with Crippen LogP contribution in [0.15, 0.2) is 28.7 Å². The van der Waals surface area contributed by atoms with E-state index in [1.807, 2.05) is 6.92 Å². The molecule has 20 heavy (non-hydrogen) atoms. The van der Waals surface area contributed by atoms with Crippen molar-refractivity contribution in [2.45, 2.75) is 19.4 Å². The third-order valence-corrected chi connectivity index (χ3v) is 3.91. The molecule has 0 aliphatic carbocycles. The zero-order valence-corrected chi connectivity index (χ0v) is 12.3. The highest BCUT2D eigenvalue weighted by Gasteiger charge is 2.21. The number of rotatable bonds is 6. The van der Waals surface area contributed by atoms with E-state index in [2.05, 4.69) is 5.32 Å². The number of benzene rings is 1. The Morgan fingerprint density at radius 2 is 2.15 bits per heavy atom. The van der Waals surface area contributed by atoms with E-state index in [0.29, 0.717) is 17.7 Å². The van der Waals surface area contributed by atoms with E-state index in [-0.39, 0.29) is 11.3 Å². The van der Waals surface area contributed by atoms with Crippen molar-refractivity contribution in [2.24, 2.45) is 0 Å². The number of nitrogens with one attached hydrogen (secondary N) is 1. The highest BCUT2D eigenvalue weighted by Crippen LogP contribution is 2.26. The molecule has 0 radical (unpaired) electrons. The first-order valence-corrected chi connectivity index (χ1v) is 8.56. The quantitative estimate of drug-likeness (QED) is 0.891. The molecule has 110 valence electrons. The van der Waals surface area contributed by atoms with Crippen LogP contribution in [0, 0.1) is 5.82 Å². The van der Waals surface area contributed by atoms with Crippen LogP contribution in [-0.2, 0) is 9.84 Å². The summed E-state index contributed by atoms with van der Waals surface area (Å²) in [7, 11) is -3.17. The molecule has 2 rings (SSSR count). The Morgan fingerprint density at radius 3 is 2.75 bits per heavy atom. The van der Waals surface area contributed by atoms with Crippen LogP contribution >= 0.6 is 0 Å². The van der Waals surface area contributed by atoms with Crippen molar-refractivity contribution >= 4 is 20.8 Å². The van der Waals surface area contributed by atoms with E-state index in [0.717, 1.165) is 6.42 Å². The van der Waals surface area contributed by atoms with Crippen LogP contribution in [0.1, 0.15) is 25.1 Å². The molecule has 1 N–H and O–H groups in total. The maximum absolute atomic E-state index is 13.6. The first-order valence-electron chi connectivity index (χ1n) is 6.50. The number of hydrogen-bond acceptors (Lipinski definition) is 4. The Hall–Kier alpha value is -1.40. The number of sulfone groups is 1. The summed E-state index contributed by atoms with van der Waals surface area (Å²) in [5.41, 5.74) is 0.166. The SMILES string of the molecule is CCCNC(CS(C)(=O)=O)c1cc2cccc(F)c2o1. The van der Waals surface area contributed by atoms with Crippen LogP contribution in [0.4, 0.5) is 4.39 Å². The van der Waals surface area contributed by atoms with Gasteiger partial charge >= 0.3 is 0 Å². The number of para-hydroxylation sites is 1. The van der Waals surface area contributed by atoms with Gasteiger partial charge in [-0.15, -0.1) is 0 Å². The summed E-state index contributed by atoms with van der Waals surface area (Å²) in [4.78, 5) is 0. The van der Waals surface area contributed by atoms with Gasteiger partial charge in [0.05, 0.1) is 11.8 Å². The summed E-state index contributed by atoms with van der Waals surface area (Å²) in [6, 6.07) is 5.89. The molecular weight excluding hydrogens is 281 g/mol. The number of halogens is 1. The summed E-state index contributed by atoms with van der Waals surface area (Å²) < 4.78 is 42.1. The molecule has 2 aromatic rings. The molecule has 0 amide bonds. The van der Waals surface area contributed by atoms with E-state index >= 15 is 0 Å². The van der Waals surface area contributed by atoms with E-state index in [1.165, 1.54) is 12.3 Å². The minimum atomic E-state index is -3.17. The topological polar surface area (TPSA) is 59.3 Å². The van der Waals surface area contributed by atoms with Gasteiger partial charge in [0.15, 0.2) is 11.4 Å². The lowest BCUT2D eigenvalue weighted by atomic mass is 10.2. The monoisotopic (exact) mass is 299 g/mol. The standard InChI is InChI=1S/C14H18FNO3S/c1-3-7-16-12(9-20(2,17)18)13-8-10-5-4-6-11(15)14(10)19-13/h4-6,8,12,16H,3,7,9H2,1-2H3. The van der Waals surface area contributed by atoms with Crippen molar-refractivity contribution < 1.29 is 17.2 Å². The second kappa shape index (κ2) is 5.93. The van der Waals surface area contributed by atoms with Crippen molar-refractivity contribution in [1.29, 1.82) is 0 Å². The van der Waals surface area contributed by atoms with Gasteiger partial charge in [-0.2, -0.15) is 0 Å². The van der Waals surface area contributed by atoms with Gasteiger partial charge in [0.2, 0.25) is 0 Å². The Morgan fingerprint density at radius 1 is 1.40 bits per heavy atom. The van der Waals surface area contributed by atoms with E-state index in [4.69, 9.17) is 4.42 Å². The van der Waals surface area contributed by atoms with Gasteiger partial charge in [-0.1, -0.05) is 19.1 Å². The van der Waals surface area contributed by atoms with Crippen molar-refractivity contribution in [1.82, 2.24) is 5.32 Å². The molecule has 0 aliphatic heterocycles. The lowest BCUT2D eigenvalue weighted by molar-refractivity contribution is 0.442. The van der Waals surface area contributed by atoms with Gasteiger partial charge in [-0.05, 0) is 25.1 Å². The summed E-state index contributed by atoms with van der Waals surface area (Å²) >= 11 is 0. The molecule has 1 unspecified atom stereocenters. The second-order valence-electron chi connectivity index (χ2n) is 4.91. The highest BCUT2D eigenvalue weighted by atomic mass is 32.2. The van der Waals surface area contributed by atoms with Gasteiger partial charge in [0.25, 0.3) is 0 Å². The van der Waals surface area contributed by atoms with E-state index in [1.54, 1.807) is 18.2 Å². The van der Waals surface area contributed by atoms with Gasteiger partial charge in [0, 0.05) is 11.6 Å². The largest absolute Gasteiger partial charge is 0.456 e. The predicted octanol–water partition coefficient (Wildman–Crippen LogP) is 2.66. The lowest BCUT2D eigenvalue weighted by Crippen LogP contribution is -2.28. The molecule has 0 saturated carbocycles. The van der Waals surface area contributed by atoms with Crippen LogP contribution in [0.5, 0.6) is 0 Å². The first-order chi connectivity index (χ1) is 9.40. The smallest absolute Gasteiger partial charge is 0.169 e. The van der Waals surface area contributed by atoms with Gasteiger partial charge < -0.3 is 9.73 Å². The second-order valence-corrected chi connectivity index (χ2v) is 7.09. The van der Waals surface area contributed by atoms with Gasteiger partial charge in [-0.25, -0.2) is 12.8 Å². The molecule has 1 heterocycles. The van der Waals surface area contributed by atoms with Crippen LogP contribution in [0.3, 0.4) is 0 Å². The third-order valence-electron chi connectivity index (χ3n) is 2.97. The molecule has 0 bridgehead atoms. The first kappa shape index (κ1) is 15.0. The maximum Gasteiger partial charge on any atom is 0.169 e. The fraction of sp³-hybridized carbons (Fsp3) is 0.429. The molecule has 1 atom stereocenters. The molecule has 0 spiro atoms. The van der Waals surface area contributed by atoms with Gasteiger partial charge in [-0.3, -0.25) is 0 Å². The Bertz CT molecular complexity index is 694. The van der Waals surface area contributed by atoms with E-state index < -0.39 is 21.7 Å². The fourth-order valence-electron chi connectivity index (χ4n) is 2.08. The summed E-state index contributed by atoms with van der Waals surface area (Å²) in [6.07, 6.45) is 2.05. The van der Waals surface area contributed by atoms with Crippen molar-refractivity contribution in [2.75, 3.05) is 18.6 Å². The molecule has 6 heteroatoms. The lowest BCUT2D eigenvalue weighted by Gasteiger charge is -2.14. The Labute approximate surface area is 117 Å².